The van der Waals surface area contributed by atoms with Gasteiger partial charge in [-0.15, -0.1) is 0 Å². The van der Waals surface area contributed by atoms with Gasteiger partial charge in [-0.25, -0.2) is 14.8 Å². The van der Waals surface area contributed by atoms with Gasteiger partial charge in [0.2, 0.25) is 5.95 Å². The number of aromatic nitrogens is 2. The maximum Gasteiger partial charge on any atom is 0.407 e. The van der Waals surface area contributed by atoms with Gasteiger partial charge in [0.05, 0.1) is 19.3 Å². The molecule has 3 aliphatic carbocycles. The molecule has 4 unspecified atom stereocenters. The highest BCUT2D eigenvalue weighted by molar-refractivity contribution is 5.68. The molecule has 36 heavy (non-hydrogen) atoms. The zero-order valence-corrected chi connectivity index (χ0v) is 22.2. The molecule has 1 saturated heterocycles. The van der Waals surface area contributed by atoms with Gasteiger partial charge in [0, 0.05) is 60.6 Å². The van der Waals surface area contributed by atoms with Gasteiger partial charge in [0.15, 0.2) is 0 Å². The third-order valence-corrected chi connectivity index (χ3v) is 9.06. The maximum absolute atomic E-state index is 12.2. The molecule has 1 aromatic heterocycles. The average Bonchev–Trinajstić information content (AvgIpc) is 3.31. The van der Waals surface area contributed by atoms with E-state index in [4.69, 9.17) is 14.2 Å². The summed E-state index contributed by atoms with van der Waals surface area (Å²) in [6, 6.07) is 1.48. The van der Waals surface area contributed by atoms with Crippen molar-refractivity contribution in [2.75, 3.05) is 25.6 Å². The Morgan fingerprint density at radius 2 is 1.86 bits per heavy atom. The number of nitrogens with one attached hydrogen (secondary N) is 3. The van der Waals surface area contributed by atoms with Gasteiger partial charge in [-0.05, 0) is 64.7 Å². The van der Waals surface area contributed by atoms with Crippen molar-refractivity contribution in [1.29, 1.82) is 0 Å². The van der Waals surface area contributed by atoms with E-state index >= 15 is 0 Å². The molecule has 5 rings (SSSR count). The molecular formula is C27H43N5O4. The minimum absolute atomic E-state index is 0.00353. The predicted octanol–water partition coefficient (Wildman–Crippen LogP) is 3.82. The van der Waals surface area contributed by atoms with Gasteiger partial charge in [0.25, 0.3) is 0 Å². The zero-order valence-electron chi connectivity index (χ0n) is 22.2. The number of rotatable bonds is 10. The SMILES string of the molecule is CC[C@H](C)NC(=O)OC1C2CC3C[C@H](c4cnc(NC5CCC(N[C@H](C)COC)CC5)nc4)OCC321. The summed E-state index contributed by atoms with van der Waals surface area (Å²) in [5, 5.41) is 10.1. The quantitative estimate of drug-likeness (QED) is 0.444. The Bertz CT molecular complexity index is 893. The molecular weight excluding hydrogens is 458 g/mol. The van der Waals surface area contributed by atoms with Crippen LogP contribution in [0, 0.1) is 17.3 Å². The van der Waals surface area contributed by atoms with Gasteiger partial charge < -0.3 is 30.2 Å². The lowest BCUT2D eigenvalue weighted by Gasteiger charge is -2.42. The average molecular weight is 502 g/mol. The molecule has 9 heteroatoms. The van der Waals surface area contributed by atoms with Crippen LogP contribution in [0.15, 0.2) is 12.4 Å². The molecule has 4 fully saturated rings. The Morgan fingerprint density at radius 1 is 1.14 bits per heavy atom. The summed E-state index contributed by atoms with van der Waals surface area (Å²) in [7, 11) is 1.75. The van der Waals surface area contributed by atoms with Crippen molar-refractivity contribution in [3.05, 3.63) is 18.0 Å². The lowest BCUT2D eigenvalue weighted by Crippen LogP contribution is -2.43. The van der Waals surface area contributed by atoms with Crippen LogP contribution in [0.4, 0.5) is 10.7 Å². The molecule has 7 atom stereocenters. The zero-order chi connectivity index (χ0) is 25.3. The first-order valence-corrected chi connectivity index (χ1v) is 13.8. The molecule has 1 aliphatic heterocycles. The summed E-state index contributed by atoms with van der Waals surface area (Å²) in [5.41, 5.74) is 1.08. The summed E-state index contributed by atoms with van der Waals surface area (Å²) < 4.78 is 17.3. The summed E-state index contributed by atoms with van der Waals surface area (Å²) in [4.78, 5) is 21.4. The molecule has 2 heterocycles. The second-order valence-electron chi connectivity index (χ2n) is 11.5. The monoisotopic (exact) mass is 501 g/mol. The van der Waals surface area contributed by atoms with Crippen LogP contribution in [-0.2, 0) is 14.2 Å². The van der Waals surface area contributed by atoms with Gasteiger partial charge in [0.1, 0.15) is 6.10 Å². The maximum atomic E-state index is 12.2. The van der Waals surface area contributed by atoms with Crippen LogP contribution in [0.3, 0.4) is 0 Å². The molecule has 9 nitrogen and oxygen atoms in total. The van der Waals surface area contributed by atoms with Gasteiger partial charge in [-0.1, -0.05) is 6.92 Å². The first-order valence-electron chi connectivity index (χ1n) is 13.8. The number of methoxy groups -OCH3 is 1. The summed E-state index contributed by atoms with van der Waals surface area (Å²) in [6.45, 7) is 7.61. The molecule has 0 aromatic carbocycles. The highest BCUT2D eigenvalue weighted by Gasteiger charge is 2.79. The van der Waals surface area contributed by atoms with E-state index in [9.17, 15) is 4.79 Å². The minimum atomic E-state index is -0.291. The van der Waals surface area contributed by atoms with E-state index in [0.29, 0.717) is 42.5 Å². The molecule has 200 valence electrons. The van der Waals surface area contributed by atoms with Gasteiger partial charge in [-0.2, -0.15) is 0 Å². The molecule has 4 aliphatic rings. The van der Waals surface area contributed by atoms with Crippen LogP contribution in [0.5, 0.6) is 0 Å². The van der Waals surface area contributed by atoms with E-state index in [-0.39, 0.29) is 29.8 Å². The van der Waals surface area contributed by atoms with E-state index in [0.717, 1.165) is 57.1 Å². The van der Waals surface area contributed by atoms with Crippen molar-refractivity contribution in [2.24, 2.45) is 17.3 Å². The van der Waals surface area contributed by atoms with Gasteiger partial charge in [-0.3, -0.25) is 0 Å². The molecule has 1 spiro atoms. The second-order valence-corrected chi connectivity index (χ2v) is 11.5. The topological polar surface area (TPSA) is 107 Å². The molecule has 3 N–H and O–H groups in total. The van der Waals surface area contributed by atoms with Crippen LogP contribution < -0.4 is 16.0 Å². The minimum Gasteiger partial charge on any atom is -0.445 e. The fraction of sp³-hybridized carbons (Fsp3) is 0.815. The first kappa shape index (κ1) is 25.7. The number of ether oxygens (including phenoxy) is 3. The van der Waals surface area contributed by atoms with E-state index in [1.54, 1.807) is 7.11 Å². The number of carbonyl (C=O) groups is 1. The van der Waals surface area contributed by atoms with Gasteiger partial charge >= 0.3 is 6.09 Å². The smallest absolute Gasteiger partial charge is 0.407 e. The van der Waals surface area contributed by atoms with Crippen molar-refractivity contribution in [2.45, 2.75) is 102 Å². The fourth-order valence-corrected chi connectivity index (χ4v) is 6.68. The van der Waals surface area contributed by atoms with Crippen LogP contribution in [0.25, 0.3) is 0 Å². The summed E-state index contributed by atoms with van der Waals surface area (Å²) in [6.07, 6.45) is 11.0. The summed E-state index contributed by atoms with van der Waals surface area (Å²) >= 11 is 0. The number of hydrogen-bond donors (Lipinski definition) is 3. The van der Waals surface area contributed by atoms with E-state index < -0.39 is 0 Å². The van der Waals surface area contributed by atoms with Crippen molar-refractivity contribution in [3.8, 4) is 0 Å². The second kappa shape index (κ2) is 10.8. The lowest BCUT2D eigenvalue weighted by atomic mass is 9.68. The fourth-order valence-electron chi connectivity index (χ4n) is 6.68. The van der Waals surface area contributed by atoms with E-state index in [1.165, 1.54) is 0 Å². The van der Waals surface area contributed by atoms with Crippen LogP contribution in [-0.4, -0.2) is 66.7 Å². The summed E-state index contributed by atoms with van der Waals surface area (Å²) in [5.74, 6) is 1.69. The standard InChI is InChI=1S/C27H43N5O4/c1-5-16(2)31-26(33)36-24-22-10-19-11-23(35-15-27(19,22)24)18-12-28-25(29-13-18)32-21-8-6-20(7-9-21)30-17(3)14-34-4/h12-13,16-17,19-24,30H,5-11,14-15H2,1-4H3,(H,31,33)(H,28,29,32)/t16-,17+,19?,20?,21?,22?,23+,24?,27?/m0/s1. The normalized spacial score (nSPS) is 36.4. The number of hydrogen-bond acceptors (Lipinski definition) is 8. The highest BCUT2D eigenvalue weighted by Crippen LogP contribution is 2.75. The van der Waals surface area contributed by atoms with Crippen molar-refractivity contribution >= 4 is 12.0 Å². The number of nitrogens with zero attached hydrogens (tertiary/aromatic N) is 2. The first-order chi connectivity index (χ1) is 17.4. The van der Waals surface area contributed by atoms with E-state index in [1.807, 2.05) is 19.3 Å². The number of amides is 1. The number of anilines is 1. The Kier molecular flexibility index (Phi) is 7.70. The number of alkyl carbamates (subject to hydrolysis) is 1. The molecule has 0 bridgehead atoms. The van der Waals surface area contributed by atoms with Crippen LogP contribution >= 0.6 is 0 Å². The Hall–Kier alpha value is -1.97. The third kappa shape index (κ3) is 5.20. The van der Waals surface area contributed by atoms with Crippen LogP contribution in [0.1, 0.15) is 77.4 Å². The van der Waals surface area contributed by atoms with Crippen molar-refractivity contribution in [1.82, 2.24) is 20.6 Å². The Morgan fingerprint density at radius 3 is 2.53 bits per heavy atom. The molecule has 1 amide bonds. The Labute approximate surface area is 214 Å². The number of carbonyl (C=O) groups excluding carboxylic acids is 1. The molecule has 1 aromatic rings. The highest BCUT2D eigenvalue weighted by atomic mass is 16.6. The predicted molar refractivity (Wildman–Crippen MR) is 137 cm³/mol. The largest absolute Gasteiger partial charge is 0.445 e. The van der Waals surface area contributed by atoms with E-state index in [2.05, 4.69) is 39.8 Å². The molecule has 3 saturated carbocycles. The van der Waals surface area contributed by atoms with Crippen molar-refractivity contribution in [3.63, 3.8) is 0 Å². The van der Waals surface area contributed by atoms with Crippen LogP contribution in [0.2, 0.25) is 0 Å². The lowest BCUT2D eigenvalue weighted by molar-refractivity contribution is -0.104. The third-order valence-electron chi connectivity index (χ3n) is 9.06. The Balaban J connectivity index is 1.06. The van der Waals surface area contributed by atoms with Crippen molar-refractivity contribution < 1.29 is 19.0 Å². The molecule has 0 radical (unpaired) electrons.